The summed E-state index contributed by atoms with van der Waals surface area (Å²) in [5, 5.41) is 0. The fraction of sp³-hybridized carbons (Fsp3) is 0.0196. The zero-order valence-electron chi connectivity index (χ0n) is 29.9. The predicted octanol–water partition coefficient (Wildman–Crippen LogP) is 12.0. The van der Waals surface area contributed by atoms with Crippen LogP contribution in [0.25, 0.3) is 67.4 Å². The van der Waals surface area contributed by atoms with E-state index in [9.17, 15) is 0 Å². The number of benzene rings is 6. The number of rotatable bonds is 7. The summed E-state index contributed by atoms with van der Waals surface area (Å²) in [6.07, 6.45) is 5.53. The molecule has 4 nitrogen and oxygen atoms in total. The standard InChI is InChI=1S/C51H34N4/c1-4-14-38(15-5-1)50-54-46(37-27-25-35(26-28-37)36-29-32-52-33-30-36)34-47(55-50)42-22-13-31-53-49(42)43-21-12-24-45-48(43)41-20-10-11-23-44(41)51(45,39-16-6-2-7-17-39)40-18-8-3-9-19-40/h1-34H. The fourth-order valence-electron chi connectivity index (χ4n) is 8.34. The van der Waals surface area contributed by atoms with Crippen LogP contribution in [0, 0.1) is 0 Å². The van der Waals surface area contributed by atoms with Crippen LogP contribution in [-0.2, 0) is 5.41 Å². The van der Waals surface area contributed by atoms with Crippen LogP contribution in [0.2, 0.25) is 0 Å². The maximum Gasteiger partial charge on any atom is 0.160 e. The van der Waals surface area contributed by atoms with Crippen LogP contribution in [-0.4, -0.2) is 19.9 Å². The van der Waals surface area contributed by atoms with Gasteiger partial charge in [0, 0.05) is 40.8 Å². The van der Waals surface area contributed by atoms with Crippen molar-refractivity contribution in [2.75, 3.05) is 0 Å². The van der Waals surface area contributed by atoms with Crippen molar-refractivity contribution in [3.63, 3.8) is 0 Å². The maximum atomic E-state index is 5.25. The summed E-state index contributed by atoms with van der Waals surface area (Å²) in [6, 6.07) is 66.4. The Balaban J connectivity index is 1.19. The molecule has 55 heavy (non-hydrogen) atoms. The third-order valence-electron chi connectivity index (χ3n) is 10.8. The number of hydrogen-bond acceptors (Lipinski definition) is 4. The minimum absolute atomic E-state index is 0.510. The van der Waals surface area contributed by atoms with Crippen molar-refractivity contribution in [1.29, 1.82) is 0 Å². The quantitative estimate of drug-likeness (QED) is 0.166. The average Bonchev–Trinajstić information content (AvgIpc) is 3.59. The molecule has 0 fully saturated rings. The molecule has 0 bridgehead atoms. The first-order chi connectivity index (χ1) is 27.3. The second-order valence-corrected chi connectivity index (χ2v) is 13.8. The van der Waals surface area contributed by atoms with Crippen LogP contribution in [0.1, 0.15) is 22.3 Å². The van der Waals surface area contributed by atoms with Crippen molar-refractivity contribution in [1.82, 2.24) is 19.9 Å². The van der Waals surface area contributed by atoms with Crippen molar-refractivity contribution in [2.24, 2.45) is 0 Å². The molecule has 0 radical (unpaired) electrons. The molecule has 258 valence electrons. The molecule has 3 heterocycles. The van der Waals surface area contributed by atoms with Gasteiger partial charge < -0.3 is 0 Å². The van der Waals surface area contributed by atoms with Gasteiger partial charge in [0.05, 0.1) is 22.5 Å². The Morgan fingerprint density at radius 3 is 1.65 bits per heavy atom. The van der Waals surface area contributed by atoms with E-state index in [1.807, 2.05) is 55.0 Å². The normalized spacial score (nSPS) is 12.5. The molecule has 1 aliphatic rings. The van der Waals surface area contributed by atoms with Gasteiger partial charge in [-0.1, -0.05) is 158 Å². The van der Waals surface area contributed by atoms with Crippen molar-refractivity contribution in [3.05, 3.63) is 229 Å². The second kappa shape index (κ2) is 13.6. The zero-order valence-corrected chi connectivity index (χ0v) is 29.9. The molecule has 0 aliphatic heterocycles. The average molecular weight is 703 g/mol. The predicted molar refractivity (Wildman–Crippen MR) is 222 cm³/mol. The lowest BCUT2D eigenvalue weighted by Crippen LogP contribution is -2.28. The Hall–Kier alpha value is -7.30. The van der Waals surface area contributed by atoms with Crippen LogP contribution < -0.4 is 0 Å². The summed E-state index contributed by atoms with van der Waals surface area (Å²) in [4.78, 5) is 19.7. The Kier molecular flexibility index (Phi) is 8.00. The van der Waals surface area contributed by atoms with Gasteiger partial charge in [-0.2, -0.15) is 0 Å². The Labute approximate surface area is 320 Å². The fourth-order valence-corrected chi connectivity index (χ4v) is 8.34. The van der Waals surface area contributed by atoms with Crippen LogP contribution in [0.15, 0.2) is 207 Å². The molecule has 3 aromatic heterocycles. The van der Waals surface area contributed by atoms with E-state index in [0.717, 1.165) is 50.5 Å². The maximum absolute atomic E-state index is 5.25. The summed E-state index contributed by atoms with van der Waals surface area (Å²) in [5.74, 6) is 0.664. The Morgan fingerprint density at radius 1 is 0.364 bits per heavy atom. The van der Waals surface area contributed by atoms with E-state index in [1.54, 1.807) is 0 Å². The summed E-state index contributed by atoms with van der Waals surface area (Å²) >= 11 is 0. The highest BCUT2D eigenvalue weighted by Crippen LogP contribution is 2.58. The largest absolute Gasteiger partial charge is 0.265 e. The first-order valence-corrected chi connectivity index (χ1v) is 18.5. The lowest BCUT2D eigenvalue weighted by atomic mass is 9.67. The minimum atomic E-state index is -0.510. The second-order valence-electron chi connectivity index (χ2n) is 13.8. The Morgan fingerprint density at radius 2 is 0.927 bits per heavy atom. The first kappa shape index (κ1) is 32.4. The van der Waals surface area contributed by atoms with Gasteiger partial charge in [-0.25, -0.2) is 9.97 Å². The molecule has 0 amide bonds. The van der Waals surface area contributed by atoms with Gasteiger partial charge in [0.2, 0.25) is 0 Å². The molecular formula is C51H34N4. The smallest absolute Gasteiger partial charge is 0.160 e. The van der Waals surface area contributed by atoms with E-state index >= 15 is 0 Å². The number of aromatic nitrogens is 4. The number of nitrogens with zero attached hydrogens (tertiary/aromatic N) is 4. The summed E-state index contributed by atoms with van der Waals surface area (Å²) in [5.41, 5.74) is 15.6. The number of fused-ring (bicyclic) bond motifs is 3. The topological polar surface area (TPSA) is 51.6 Å². The van der Waals surface area contributed by atoms with Gasteiger partial charge in [0.15, 0.2) is 5.82 Å². The molecule has 4 heteroatoms. The van der Waals surface area contributed by atoms with Crippen LogP contribution in [0.3, 0.4) is 0 Å². The van der Waals surface area contributed by atoms with E-state index < -0.39 is 5.41 Å². The van der Waals surface area contributed by atoms with E-state index in [4.69, 9.17) is 15.0 Å². The molecule has 0 N–H and O–H groups in total. The number of hydrogen-bond donors (Lipinski definition) is 0. The SMILES string of the molecule is c1ccc(-c2nc(-c3ccc(-c4ccncc4)cc3)cc(-c3cccnc3-c3cccc4c3-c3ccccc3C4(c3ccccc3)c3ccccc3)n2)cc1. The molecule has 10 rings (SSSR count). The van der Waals surface area contributed by atoms with Crippen molar-refractivity contribution < 1.29 is 0 Å². The molecule has 6 aromatic carbocycles. The summed E-state index contributed by atoms with van der Waals surface area (Å²) < 4.78 is 0. The lowest BCUT2D eigenvalue weighted by Gasteiger charge is -2.34. The van der Waals surface area contributed by atoms with Gasteiger partial charge in [0.1, 0.15) is 0 Å². The highest BCUT2D eigenvalue weighted by Gasteiger charge is 2.46. The monoisotopic (exact) mass is 702 g/mol. The summed E-state index contributed by atoms with van der Waals surface area (Å²) in [7, 11) is 0. The van der Waals surface area contributed by atoms with E-state index in [1.165, 1.54) is 33.4 Å². The van der Waals surface area contributed by atoms with E-state index in [2.05, 4.69) is 157 Å². The third-order valence-corrected chi connectivity index (χ3v) is 10.8. The molecule has 1 aliphatic carbocycles. The molecule has 0 saturated heterocycles. The van der Waals surface area contributed by atoms with Gasteiger partial charge in [-0.15, -0.1) is 0 Å². The molecule has 0 saturated carbocycles. The molecule has 0 atom stereocenters. The van der Waals surface area contributed by atoms with Crippen LogP contribution >= 0.6 is 0 Å². The van der Waals surface area contributed by atoms with Crippen LogP contribution in [0.4, 0.5) is 0 Å². The van der Waals surface area contributed by atoms with Crippen LogP contribution in [0.5, 0.6) is 0 Å². The lowest BCUT2D eigenvalue weighted by molar-refractivity contribution is 0.768. The molecular weight excluding hydrogens is 669 g/mol. The highest BCUT2D eigenvalue weighted by atomic mass is 14.9. The summed E-state index contributed by atoms with van der Waals surface area (Å²) in [6.45, 7) is 0. The van der Waals surface area contributed by atoms with Gasteiger partial charge >= 0.3 is 0 Å². The molecule has 0 unspecified atom stereocenters. The van der Waals surface area contributed by atoms with E-state index in [-0.39, 0.29) is 0 Å². The molecule has 0 spiro atoms. The van der Waals surface area contributed by atoms with Crippen molar-refractivity contribution >= 4 is 0 Å². The Bertz CT molecular complexity index is 2740. The van der Waals surface area contributed by atoms with Gasteiger partial charge in [-0.05, 0) is 74.8 Å². The minimum Gasteiger partial charge on any atom is -0.265 e. The highest BCUT2D eigenvalue weighted by molar-refractivity contribution is 5.97. The number of pyridine rings is 2. The molecule has 9 aromatic rings. The zero-order chi connectivity index (χ0) is 36.6. The van der Waals surface area contributed by atoms with Gasteiger partial charge in [0.25, 0.3) is 0 Å². The van der Waals surface area contributed by atoms with Crippen molar-refractivity contribution in [3.8, 4) is 67.4 Å². The third kappa shape index (κ3) is 5.46. The van der Waals surface area contributed by atoms with E-state index in [0.29, 0.717) is 5.82 Å². The van der Waals surface area contributed by atoms with Gasteiger partial charge in [-0.3, -0.25) is 9.97 Å². The van der Waals surface area contributed by atoms with Crippen molar-refractivity contribution in [2.45, 2.75) is 5.41 Å². The first-order valence-electron chi connectivity index (χ1n) is 18.5.